The highest BCUT2D eigenvalue weighted by molar-refractivity contribution is 7.99. The number of unbranched alkanes of at least 4 members (excludes halogenated alkanes) is 4. The lowest BCUT2D eigenvalue weighted by Crippen LogP contribution is -1.87. The van der Waals surface area contributed by atoms with Gasteiger partial charge < -0.3 is 0 Å². The van der Waals surface area contributed by atoms with Crippen molar-refractivity contribution in [2.24, 2.45) is 0 Å². The standard InChI is InChI=1S/C21H22N6S4/c1(2-4-12-28-20-18(24-30-26-20)16-8-6-10-22-14-16)3-5-13-29-21-19(25-31-27-21)17-9-7-11-23-15-17/h6-11,14-15H,1-5,12-13H2. The molecule has 0 N–H and O–H groups in total. The lowest BCUT2D eigenvalue weighted by Gasteiger charge is -2.03. The first-order valence-corrected chi connectivity index (χ1v) is 13.6. The summed E-state index contributed by atoms with van der Waals surface area (Å²) in [6.07, 6.45) is 13.4. The molecule has 0 aliphatic carbocycles. The van der Waals surface area contributed by atoms with Gasteiger partial charge in [0.2, 0.25) is 0 Å². The minimum absolute atomic E-state index is 0.960. The van der Waals surface area contributed by atoms with Gasteiger partial charge in [-0.15, -0.1) is 23.5 Å². The Labute approximate surface area is 199 Å². The van der Waals surface area contributed by atoms with E-state index in [1.165, 1.54) is 55.6 Å². The van der Waals surface area contributed by atoms with E-state index in [1.54, 1.807) is 35.9 Å². The molecule has 4 rings (SSSR count). The molecule has 4 aromatic rings. The lowest BCUT2D eigenvalue weighted by molar-refractivity contribution is 0.662. The van der Waals surface area contributed by atoms with Gasteiger partial charge in [0, 0.05) is 35.9 Å². The molecule has 0 unspecified atom stereocenters. The van der Waals surface area contributed by atoms with E-state index in [0.717, 1.165) is 44.1 Å². The van der Waals surface area contributed by atoms with Gasteiger partial charge >= 0.3 is 0 Å². The summed E-state index contributed by atoms with van der Waals surface area (Å²) >= 11 is 6.15. The summed E-state index contributed by atoms with van der Waals surface area (Å²) in [5, 5.41) is 2.05. The van der Waals surface area contributed by atoms with Gasteiger partial charge in [-0.1, -0.05) is 19.3 Å². The van der Waals surface area contributed by atoms with E-state index < -0.39 is 0 Å². The summed E-state index contributed by atoms with van der Waals surface area (Å²) in [6.45, 7) is 0. The second-order valence-corrected chi connectivity index (χ2v) is 10.0. The Morgan fingerprint density at radius 2 is 1.10 bits per heavy atom. The Morgan fingerprint density at radius 1 is 0.613 bits per heavy atom. The number of thioether (sulfide) groups is 2. The molecule has 0 amide bonds. The minimum atomic E-state index is 0.960. The summed E-state index contributed by atoms with van der Waals surface area (Å²) in [5.74, 6) is 2.15. The molecule has 0 radical (unpaired) electrons. The molecule has 10 heteroatoms. The molecule has 0 spiro atoms. The maximum absolute atomic E-state index is 4.45. The minimum Gasteiger partial charge on any atom is -0.264 e. The molecule has 0 atom stereocenters. The molecule has 31 heavy (non-hydrogen) atoms. The maximum Gasteiger partial charge on any atom is 0.138 e. The van der Waals surface area contributed by atoms with Crippen molar-refractivity contribution in [2.75, 3.05) is 11.5 Å². The summed E-state index contributed by atoms with van der Waals surface area (Å²) in [7, 11) is 0. The van der Waals surface area contributed by atoms with Gasteiger partial charge in [0.05, 0.1) is 23.5 Å². The molecule has 0 aliphatic heterocycles. The van der Waals surface area contributed by atoms with Crippen molar-refractivity contribution in [1.82, 2.24) is 27.5 Å². The molecule has 0 fully saturated rings. The van der Waals surface area contributed by atoms with Gasteiger partial charge in [0.1, 0.15) is 21.4 Å². The number of nitrogens with zero attached hydrogens (tertiary/aromatic N) is 6. The Morgan fingerprint density at radius 3 is 1.55 bits per heavy atom. The summed E-state index contributed by atoms with van der Waals surface area (Å²) in [6, 6.07) is 7.94. The van der Waals surface area contributed by atoms with E-state index in [0.29, 0.717) is 0 Å². The van der Waals surface area contributed by atoms with Crippen LogP contribution < -0.4 is 0 Å². The first-order valence-electron chi connectivity index (χ1n) is 10.1. The number of rotatable bonds is 12. The highest BCUT2D eigenvalue weighted by Crippen LogP contribution is 2.31. The quantitative estimate of drug-likeness (QED) is 0.169. The van der Waals surface area contributed by atoms with Gasteiger partial charge in [0.25, 0.3) is 0 Å². The fraction of sp³-hybridized carbons (Fsp3) is 0.333. The highest BCUT2D eigenvalue weighted by atomic mass is 32.2. The molecule has 0 aromatic carbocycles. The van der Waals surface area contributed by atoms with Crippen LogP contribution in [-0.4, -0.2) is 39.0 Å². The van der Waals surface area contributed by atoms with Crippen LogP contribution in [0.2, 0.25) is 0 Å². The second-order valence-electron chi connectivity index (χ2n) is 6.78. The maximum atomic E-state index is 4.45. The van der Waals surface area contributed by atoms with E-state index in [-0.39, 0.29) is 0 Å². The van der Waals surface area contributed by atoms with Crippen molar-refractivity contribution < 1.29 is 0 Å². The van der Waals surface area contributed by atoms with Gasteiger partial charge in [-0.3, -0.25) is 9.97 Å². The van der Waals surface area contributed by atoms with Crippen LogP contribution >= 0.6 is 47.0 Å². The predicted molar refractivity (Wildman–Crippen MR) is 131 cm³/mol. The van der Waals surface area contributed by atoms with Crippen LogP contribution in [0, 0.1) is 0 Å². The Balaban J connectivity index is 1.10. The van der Waals surface area contributed by atoms with Gasteiger partial charge in [-0.25, -0.2) is 0 Å². The first kappa shape index (κ1) is 22.3. The van der Waals surface area contributed by atoms with Gasteiger partial charge in [0.15, 0.2) is 0 Å². The lowest BCUT2D eigenvalue weighted by atomic mass is 10.2. The third-order valence-electron chi connectivity index (χ3n) is 4.55. The highest BCUT2D eigenvalue weighted by Gasteiger charge is 2.12. The number of hydrogen-bond donors (Lipinski definition) is 0. The monoisotopic (exact) mass is 486 g/mol. The number of aromatic nitrogens is 6. The van der Waals surface area contributed by atoms with E-state index in [2.05, 4.69) is 27.5 Å². The fourth-order valence-electron chi connectivity index (χ4n) is 2.98. The van der Waals surface area contributed by atoms with E-state index in [1.807, 2.05) is 36.7 Å². The zero-order chi connectivity index (χ0) is 21.1. The molecule has 160 valence electrons. The summed E-state index contributed by atoms with van der Waals surface area (Å²) in [5.41, 5.74) is 4.00. The van der Waals surface area contributed by atoms with Crippen LogP contribution in [-0.2, 0) is 0 Å². The van der Waals surface area contributed by atoms with Crippen LogP contribution in [0.15, 0.2) is 59.1 Å². The zero-order valence-corrected chi connectivity index (χ0v) is 20.2. The van der Waals surface area contributed by atoms with E-state index >= 15 is 0 Å². The molecule has 6 nitrogen and oxygen atoms in total. The fourth-order valence-corrected chi connectivity index (χ4v) is 6.35. The molecule has 0 saturated heterocycles. The van der Waals surface area contributed by atoms with Crippen LogP contribution in [0.1, 0.15) is 32.1 Å². The van der Waals surface area contributed by atoms with Crippen molar-refractivity contribution in [1.29, 1.82) is 0 Å². The molecular formula is C21H22N6S4. The van der Waals surface area contributed by atoms with Crippen LogP contribution in [0.4, 0.5) is 0 Å². The van der Waals surface area contributed by atoms with Crippen molar-refractivity contribution in [2.45, 2.75) is 42.2 Å². The molecule has 4 aromatic heterocycles. The number of pyridine rings is 2. The average molecular weight is 487 g/mol. The molecular weight excluding hydrogens is 465 g/mol. The van der Waals surface area contributed by atoms with Crippen molar-refractivity contribution in [3.8, 4) is 22.5 Å². The van der Waals surface area contributed by atoms with Crippen LogP contribution in [0.3, 0.4) is 0 Å². The molecule has 0 bridgehead atoms. The Kier molecular flexibility index (Phi) is 8.81. The topological polar surface area (TPSA) is 77.3 Å². The molecule has 4 heterocycles. The predicted octanol–water partition coefficient (Wildman–Crippen LogP) is 6.35. The smallest absolute Gasteiger partial charge is 0.138 e. The number of hydrogen-bond acceptors (Lipinski definition) is 10. The second kappa shape index (κ2) is 12.2. The summed E-state index contributed by atoms with van der Waals surface area (Å²) in [4.78, 5) is 8.36. The SMILES string of the molecule is c1cncc(-c2nsnc2SCCCCCCCSc2nsnc2-c2cccnc2)c1. The third kappa shape index (κ3) is 6.55. The Bertz CT molecular complexity index is 954. The largest absolute Gasteiger partial charge is 0.264 e. The van der Waals surface area contributed by atoms with Gasteiger partial charge in [-0.2, -0.15) is 17.5 Å². The van der Waals surface area contributed by atoms with Crippen molar-refractivity contribution in [3.05, 3.63) is 49.1 Å². The van der Waals surface area contributed by atoms with Gasteiger partial charge in [-0.05, 0) is 48.6 Å². The third-order valence-corrected chi connectivity index (χ3v) is 7.94. The van der Waals surface area contributed by atoms with Crippen molar-refractivity contribution in [3.63, 3.8) is 0 Å². The normalized spacial score (nSPS) is 11.1. The molecule has 0 aliphatic rings. The van der Waals surface area contributed by atoms with Crippen LogP contribution in [0.5, 0.6) is 0 Å². The molecule has 0 saturated carbocycles. The summed E-state index contributed by atoms with van der Waals surface area (Å²) < 4.78 is 17.8. The average Bonchev–Trinajstić information content (AvgIpc) is 3.49. The van der Waals surface area contributed by atoms with E-state index in [9.17, 15) is 0 Å². The first-order chi connectivity index (χ1) is 15.4. The zero-order valence-electron chi connectivity index (χ0n) is 16.9. The van der Waals surface area contributed by atoms with Crippen LogP contribution in [0.25, 0.3) is 22.5 Å². The Hall–Kier alpha value is -1.88. The van der Waals surface area contributed by atoms with Crippen molar-refractivity contribution >= 4 is 47.0 Å². The van der Waals surface area contributed by atoms with E-state index in [4.69, 9.17) is 0 Å².